The fourth-order valence-electron chi connectivity index (χ4n) is 1.90. The Balaban J connectivity index is 2.16. The molecule has 0 amide bonds. The number of carbonyl (C=O) groups is 1. The third kappa shape index (κ3) is 3.36. The number of hydrogen-bond donors (Lipinski definition) is 2. The van der Waals surface area contributed by atoms with Gasteiger partial charge in [0, 0.05) is 15.4 Å². The molecule has 2 aromatic rings. The Morgan fingerprint density at radius 2 is 2.10 bits per heavy atom. The Bertz CT molecular complexity index is 615. The number of carboxylic acid groups (broad SMARTS) is 1. The summed E-state index contributed by atoms with van der Waals surface area (Å²) in [6, 6.07) is 5.34. The summed E-state index contributed by atoms with van der Waals surface area (Å²) in [5.41, 5.74) is 2.34. The molecule has 4 nitrogen and oxygen atoms in total. The van der Waals surface area contributed by atoms with Gasteiger partial charge in [-0.05, 0) is 44.0 Å². The first-order valence-electron chi connectivity index (χ1n) is 6.53. The predicted molar refractivity (Wildman–Crippen MR) is 81.7 cm³/mol. The summed E-state index contributed by atoms with van der Waals surface area (Å²) >= 11 is 1.75. The first-order valence-corrected chi connectivity index (χ1v) is 7.35. The molecule has 106 valence electrons. The summed E-state index contributed by atoms with van der Waals surface area (Å²) < 4.78 is 0. The fourth-order valence-corrected chi connectivity index (χ4v) is 2.89. The highest BCUT2D eigenvalue weighted by atomic mass is 32.1. The molecular weight excluding hydrogens is 272 g/mol. The quantitative estimate of drug-likeness (QED) is 0.882. The molecule has 0 saturated heterocycles. The maximum absolute atomic E-state index is 11.1. The largest absolute Gasteiger partial charge is 0.478 e. The molecule has 0 aromatic carbocycles. The van der Waals surface area contributed by atoms with E-state index in [1.54, 1.807) is 23.5 Å². The standard InChI is InChI=1S/C15H18N2O2S/c1-4-12-6-11(15(18)19)7-14(17-12)16-8-13-5-9(2)10(3)20-13/h5-7H,4,8H2,1-3H3,(H,16,17)(H,18,19). The van der Waals surface area contributed by atoms with Gasteiger partial charge in [0.05, 0.1) is 12.1 Å². The summed E-state index contributed by atoms with van der Waals surface area (Å²) in [4.78, 5) is 18.0. The average molecular weight is 290 g/mol. The Hall–Kier alpha value is -1.88. The zero-order chi connectivity index (χ0) is 14.7. The fraction of sp³-hybridized carbons (Fsp3) is 0.333. The smallest absolute Gasteiger partial charge is 0.335 e. The normalized spacial score (nSPS) is 10.6. The summed E-state index contributed by atoms with van der Waals surface area (Å²) in [6.45, 7) is 6.82. The van der Waals surface area contributed by atoms with Crippen LogP contribution in [-0.2, 0) is 13.0 Å². The van der Waals surface area contributed by atoms with Gasteiger partial charge in [-0.1, -0.05) is 6.92 Å². The highest BCUT2D eigenvalue weighted by Gasteiger charge is 2.08. The van der Waals surface area contributed by atoms with Crippen LogP contribution in [0.2, 0.25) is 0 Å². The van der Waals surface area contributed by atoms with Crippen molar-refractivity contribution in [3.05, 3.63) is 44.8 Å². The lowest BCUT2D eigenvalue weighted by molar-refractivity contribution is 0.0696. The lowest BCUT2D eigenvalue weighted by Crippen LogP contribution is -2.05. The molecular formula is C15H18N2O2S. The molecule has 0 unspecified atom stereocenters. The van der Waals surface area contributed by atoms with Gasteiger partial charge in [-0.25, -0.2) is 9.78 Å². The number of hydrogen-bond acceptors (Lipinski definition) is 4. The number of aromatic nitrogens is 1. The van der Waals surface area contributed by atoms with Crippen LogP contribution >= 0.6 is 11.3 Å². The minimum absolute atomic E-state index is 0.276. The van der Waals surface area contributed by atoms with Crippen LogP contribution in [0.5, 0.6) is 0 Å². The number of pyridine rings is 1. The minimum atomic E-state index is -0.923. The van der Waals surface area contributed by atoms with E-state index in [1.165, 1.54) is 15.3 Å². The summed E-state index contributed by atoms with van der Waals surface area (Å²) in [5, 5.41) is 12.3. The molecule has 2 aromatic heterocycles. The number of aromatic carboxylic acids is 1. The highest BCUT2D eigenvalue weighted by molar-refractivity contribution is 7.12. The van der Waals surface area contributed by atoms with Gasteiger partial charge >= 0.3 is 5.97 Å². The van der Waals surface area contributed by atoms with E-state index in [0.29, 0.717) is 18.8 Å². The molecule has 5 heteroatoms. The molecule has 20 heavy (non-hydrogen) atoms. The van der Waals surface area contributed by atoms with Crippen LogP contribution in [0.25, 0.3) is 0 Å². The van der Waals surface area contributed by atoms with Crippen LogP contribution < -0.4 is 5.32 Å². The lowest BCUT2D eigenvalue weighted by atomic mass is 10.2. The number of carboxylic acids is 1. The Kier molecular flexibility index (Phi) is 4.39. The van der Waals surface area contributed by atoms with Crippen molar-refractivity contribution in [2.75, 3.05) is 5.32 Å². The highest BCUT2D eigenvalue weighted by Crippen LogP contribution is 2.21. The van der Waals surface area contributed by atoms with Crippen LogP contribution in [0.4, 0.5) is 5.82 Å². The van der Waals surface area contributed by atoms with Crippen molar-refractivity contribution < 1.29 is 9.90 Å². The number of nitrogens with zero attached hydrogens (tertiary/aromatic N) is 1. The van der Waals surface area contributed by atoms with E-state index in [4.69, 9.17) is 5.11 Å². The van der Waals surface area contributed by atoms with Crippen LogP contribution in [0.15, 0.2) is 18.2 Å². The molecule has 0 saturated carbocycles. The van der Waals surface area contributed by atoms with E-state index < -0.39 is 5.97 Å². The van der Waals surface area contributed by atoms with Gasteiger partial charge in [-0.2, -0.15) is 0 Å². The van der Waals surface area contributed by atoms with Crippen LogP contribution in [0.1, 0.15) is 38.3 Å². The maximum Gasteiger partial charge on any atom is 0.335 e. The minimum Gasteiger partial charge on any atom is -0.478 e. The SMILES string of the molecule is CCc1cc(C(=O)O)cc(NCc2cc(C)c(C)s2)n1. The molecule has 0 aliphatic heterocycles. The van der Waals surface area contributed by atoms with Crippen LogP contribution in [0, 0.1) is 13.8 Å². The Morgan fingerprint density at radius 3 is 2.65 bits per heavy atom. The van der Waals surface area contributed by atoms with E-state index in [9.17, 15) is 4.79 Å². The van der Waals surface area contributed by atoms with E-state index in [2.05, 4.69) is 30.2 Å². The van der Waals surface area contributed by atoms with Gasteiger partial charge in [0.2, 0.25) is 0 Å². The molecule has 0 bridgehead atoms. The van der Waals surface area contributed by atoms with Crippen molar-refractivity contribution in [1.29, 1.82) is 0 Å². The van der Waals surface area contributed by atoms with E-state index in [1.807, 2.05) is 6.92 Å². The Labute approximate surface area is 122 Å². The number of anilines is 1. The molecule has 0 atom stereocenters. The van der Waals surface area contributed by atoms with E-state index in [0.717, 1.165) is 5.69 Å². The van der Waals surface area contributed by atoms with E-state index in [-0.39, 0.29) is 5.56 Å². The summed E-state index contributed by atoms with van der Waals surface area (Å²) in [7, 11) is 0. The second-order valence-electron chi connectivity index (χ2n) is 4.70. The third-order valence-corrected chi connectivity index (χ3v) is 4.30. The van der Waals surface area contributed by atoms with Gasteiger partial charge in [-0.3, -0.25) is 0 Å². The molecule has 0 spiro atoms. The first-order chi connectivity index (χ1) is 9.49. The second-order valence-corrected chi connectivity index (χ2v) is 6.04. The molecule has 0 aliphatic carbocycles. The van der Waals surface area contributed by atoms with Crippen molar-refractivity contribution in [3.63, 3.8) is 0 Å². The summed E-state index contributed by atoms with van der Waals surface area (Å²) in [5.74, 6) is -0.307. The molecule has 0 aliphatic rings. The zero-order valence-electron chi connectivity index (χ0n) is 11.9. The summed E-state index contributed by atoms with van der Waals surface area (Å²) in [6.07, 6.45) is 0.715. The maximum atomic E-state index is 11.1. The average Bonchev–Trinajstić information content (AvgIpc) is 2.75. The van der Waals surface area contributed by atoms with Gasteiger partial charge in [0.15, 0.2) is 0 Å². The number of aryl methyl sites for hydroxylation is 3. The third-order valence-electron chi connectivity index (χ3n) is 3.15. The van der Waals surface area contributed by atoms with Crippen molar-refractivity contribution >= 4 is 23.1 Å². The monoisotopic (exact) mass is 290 g/mol. The van der Waals surface area contributed by atoms with Gasteiger partial charge in [0.1, 0.15) is 5.82 Å². The molecule has 2 heterocycles. The van der Waals surface area contributed by atoms with Crippen molar-refractivity contribution in [3.8, 4) is 0 Å². The molecule has 2 N–H and O–H groups in total. The van der Waals surface area contributed by atoms with Gasteiger partial charge < -0.3 is 10.4 Å². The number of nitrogens with one attached hydrogen (secondary N) is 1. The second kappa shape index (κ2) is 6.05. The predicted octanol–water partition coefficient (Wildman–Crippen LogP) is 3.63. The van der Waals surface area contributed by atoms with Crippen molar-refractivity contribution in [2.24, 2.45) is 0 Å². The van der Waals surface area contributed by atoms with Gasteiger partial charge in [-0.15, -0.1) is 11.3 Å². The van der Waals surface area contributed by atoms with Gasteiger partial charge in [0.25, 0.3) is 0 Å². The molecule has 2 rings (SSSR count). The Morgan fingerprint density at radius 1 is 1.35 bits per heavy atom. The first kappa shape index (κ1) is 14.5. The molecule has 0 radical (unpaired) electrons. The van der Waals surface area contributed by atoms with Crippen LogP contribution in [-0.4, -0.2) is 16.1 Å². The van der Waals surface area contributed by atoms with Crippen LogP contribution in [0.3, 0.4) is 0 Å². The number of thiophene rings is 1. The number of rotatable bonds is 5. The van der Waals surface area contributed by atoms with E-state index >= 15 is 0 Å². The lowest BCUT2D eigenvalue weighted by Gasteiger charge is -2.07. The molecule has 0 fully saturated rings. The zero-order valence-corrected chi connectivity index (χ0v) is 12.7. The topological polar surface area (TPSA) is 62.2 Å². The van der Waals surface area contributed by atoms with Crippen molar-refractivity contribution in [2.45, 2.75) is 33.7 Å². The van der Waals surface area contributed by atoms with Crippen molar-refractivity contribution in [1.82, 2.24) is 4.98 Å².